The van der Waals surface area contributed by atoms with E-state index in [1.165, 1.54) is 0 Å². The normalized spacial score (nSPS) is 20.7. The van der Waals surface area contributed by atoms with Crippen molar-refractivity contribution in [2.75, 3.05) is 13.1 Å². The van der Waals surface area contributed by atoms with Gasteiger partial charge in [0, 0.05) is 18.7 Å². The summed E-state index contributed by atoms with van der Waals surface area (Å²) in [5.74, 6) is 0.0321. The molecule has 1 N–H and O–H groups in total. The van der Waals surface area contributed by atoms with Crippen LogP contribution in [0.25, 0.3) is 0 Å². The van der Waals surface area contributed by atoms with E-state index in [0.717, 1.165) is 11.1 Å². The predicted octanol–water partition coefficient (Wildman–Crippen LogP) is 1.20. The highest BCUT2D eigenvalue weighted by Gasteiger charge is 2.25. The highest BCUT2D eigenvalue weighted by atomic mass is 16.3. The van der Waals surface area contributed by atoms with Gasteiger partial charge in [-0.3, -0.25) is 4.79 Å². The SMILES string of the molecule is Cc1ccccc1C(=O)N1CC[C@@H](O)C1. The third-order valence-electron chi connectivity index (χ3n) is 2.83. The third-order valence-corrected chi connectivity index (χ3v) is 2.83. The van der Waals surface area contributed by atoms with Crippen molar-refractivity contribution in [1.29, 1.82) is 0 Å². The van der Waals surface area contributed by atoms with Gasteiger partial charge in [-0.2, -0.15) is 0 Å². The summed E-state index contributed by atoms with van der Waals surface area (Å²) in [5, 5.41) is 9.37. The molecule has 3 heteroatoms. The molecule has 0 radical (unpaired) electrons. The van der Waals surface area contributed by atoms with E-state index in [9.17, 15) is 9.90 Å². The van der Waals surface area contributed by atoms with Crippen LogP contribution in [-0.2, 0) is 0 Å². The van der Waals surface area contributed by atoms with Crippen molar-refractivity contribution in [2.24, 2.45) is 0 Å². The van der Waals surface area contributed by atoms with Gasteiger partial charge in [-0.05, 0) is 25.0 Å². The Hall–Kier alpha value is -1.35. The second-order valence-electron chi connectivity index (χ2n) is 4.01. The number of hydrogen-bond donors (Lipinski definition) is 1. The van der Waals surface area contributed by atoms with Crippen molar-refractivity contribution in [1.82, 2.24) is 4.90 Å². The number of carbonyl (C=O) groups is 1. The molecule has 0 unspecified atom stereocenters. The Morgan fingerprint density at radius 3 is 2.80 bits per heavy atom. The molecule has 15 heavy (non-hydrogen) atoms. The van der Waals surface area contributed by atoms with Crippen molar-refractivity contribution >= 4 is 5.91 Å². The Morgan fingerprint density at radius 2 is 2.20 bits per heavy atom. The molecule has 1 aliphatic rings. The quantitative estimate of drug-likeness (QED) is 0.748. The zero-order valence-electron chi connectivity index (χ0n) is 8.81. The lowest BCUT2D eigenvalue weighted by atomic mass is 10.1. The van der Waals surface area contributed by atoms with Crippen molar-refractivity contribution in [3.8, 4) is 0 Å². The maximum absolute atomic E-state index is 12.0. The fourth-order valence-electron chi connectivity index (χ4n) is 1.91. The number of likely N-dealkylation sites (tertiary alicyclic amines) is 1. The number of benzene rings is 1. The van der Waals surface area contributed by atoms with E-state index in [1.54, 1.807) is 4.90 Å². The number of nitrogens with zero attached hydrogens (tertiary/aromatic N) is 1. The molecule has 1 saturated heterocycles. The van der Waals surface area contributed by atoms with Crippen molar-refractivity contribution < 1.29 is 9.90 Å². The summed E-state index contributed by atoms with van der Waals surface area (Å²) >= 11 is 0. The smallest absolute Gasteiger partial charge is 0.254 e. The second-order valence-corrected chi connectivity index (χ2v) is 4.01. The van der Waals surface area contributed by atoms with E-state index >= 15 is 0 Å². The minimum atomic E-state index is -0.349. The fraction of sp³-hybridized carbons (Fsp3) is 0.417. The zero-order valence-corrected chi connectivity index (χ0v) is 8.81. The first-order valence-electron chi connectivity index (χ1n) is 5.21. The van der Waals surface area contributed by atoms with Crippen LogP contribution >= 0.6 is 0 Å². The molecule has 0 spiro atoms. The molecule has 80 valence electrons. The number of aliphatic hydroxyl groups is 1. The Labute approximate surface area is 89.3 Å². The maximum Gasteiger partial charge on any atom is 0.254 e. The monoisotopic (exact) mass is 205 g/mol. The number of aliphatic hydroxyl groups excluding tert-OH is 1. The Morgan fingerprint density at radius 1 is 1.47 bits per heavy atom. The molecule has 0 bridgehead atoms. The molecule has 0 aromatic heterocycles. The van der Waals surface area contributed by atoms with Crippen LogP contribution in [0.15, 0.2) is 24.3 Å². The van der Waals surface area contributed by atoms with Crippen LogP contribution in [0.3, 0.4) is 0 Å². The summed E-state index contributed by atoms with van der Waals surface area (Å²) in [6.45, 7) is 3.06. The Bertz CT molecular complexity index is 376. The van der Waals surface area contributed by atoms with Gasteiger partial charge in [-0.15, -0.1) is 0 Å². The number of amides is 1. The van der Waals surface area contributed by atoms with Crippen LogP contribution in [-0.4, -0.2) is 35.1 Å². The summed E-state index contributed by atoms with van der Waals surface area (Å²) < 4.78 is 0. The molecule has 1 amide bonds. The summed E-state index contributed by atoms with van der Waals surface area (Å²) in [5.41, 5.74) is 1.73. The standard InChI is InChI=1S/C12H15NO2/c1-9-4-2-3-5-11(9)12(15)13-7-6-10(14)8-13/h2-5,10,14H,6-8H2,1H3/t10-/m1/s1. The maximum atomic E-state index is 12.0. The highest BCUT2D eigenvalue weighted by Crippen LogP contribution is 2.15. The number of hydrogen-bond acceptors (Lipinski definition) is 2. The van der Waals surface area contributed by atoms with Gasteiger partial charge in [0.1, 0.15) is 0 Å². The lowest BCUT2D eigenvalue weighted by molar-refractivity contribution is 0.0764. The van der Waals surface area contributed by atoms with Gasteiger partial charge in [0.05, 0.1) is 6.10 Å². The molecule has 1 heterocycles. The van der Waals surface area contributed by atoms with E-state index in [4.69, 9.17) is 0 Å². The van der Waals surface area contributed by atoms with Gasteiger partial charge in [-0.25, -0.2) is 0 Å². The van der Waals surface area contributed by atoms with E-state index in [2.05, 4.69) is 0 Å². The van der Waals surface area contributed by atoms with E-state index in [0.29, 0.717) is 19.5 Å². The third kappa shape index (κ3) is 2.02. The van der Waals surface area contributed by atoms with E-state index in [1.807, 2.05) is 31.2 Å². The topological polar surface area (TPSA) is 40.5 Å². The molecule has 1 atom stereocenters. The zero-order chi connectivity index (χ0) is 10.8. The first-order valence-corrected chi connectivity index (χ1v) is 5.21. The molecular weight excluding hydrogens is 190 g/mol. The summed E-state index contributed by atoms with van der Waals surface area (Å²) in [6, 6.07) is 7.56. The second kappa shape index (κ2) is 4.03. The summed E-state index contributed by atoms with van der Waals surface area (Å²) in [4.78, 5) is 13.7. The predicted molar refractivity (Wildman–Crippen MR) is 57.7 cm³/mol. The molecule has 0 saturated carbocycles. The van der Waals surface area contributed by atoms with Crippen molar-refractivity contribution in [3.63, 3.8) is 0 Å². The van der Waals surface area contributed by atoms with Gasteiger partial charge in [0.25, 0.3) is 5.91 Å². The van der Waals surface area contributed by atoms with Crippen LogP contribution in [0.4, 0.5) is 0 Å². The average Bonchev–Trinajstić information content (AvgIpc) is 2.65. The lowest BCUT2D eigenvalue weighted by Gasteiger charge is -2.16. The Kier molecular flexibility index (Phi) is 2.73. The van der Waals surface area contributed by atoms with Gasteiger partial charge in [0.15, 0.2) is 0 Å². The number of aryl methyl sites for hydroxylation is 1. The van der Waals surface area contributed by atoms with Crippen molar-refractivity contribution in [2.45, 2.75) is 19.4 Å². The molecule has 1 aromatic rings. The largest absolute Gasteiger partial charge is 0.391 e. The number of β-amino-alcohol motifs (C(OH)–C–C–N with tert-alkyl or cyclic N) is 1. The van der Waals surface area contributed by atoms with Gasteiger partial charge < -0.3 is 10.0 Å². The average molecular weight is 205 g/mol. The van der Waals surface area contributed by atoms with Gasteiger partial charge >= 0.3 is 0 Å². The van der Waals surface area contributed by atoms with Crippen LogP contribution in [0.2, 0.25) is 0 Å². The van der Waals surface area contributed by atoms with Crippen LogP contribution < -0.4 is 0 Å². The highest BCUT2D eigenvalue weighted by molar-refractivity contribution is 5.95. The first kappa shape index (κ1) is 10.2. The van der Waals surface area contributed by atoms with Crippen LogP contribution in [0.1, 0.15) is 22.3 Å². The molecule has 2 rings (SSSR count). The van der Waals surface area contributed by atoms with Gasteiger partial charge in [0.2, 0.25) is 0 Å². The van der Waals surface area contributed by atoms with Gasteiger partial charge in [-0.1, -0.05) is 18.2 Å². The molecule has 3 nitrogen and oxygen atoms in total. The van der Waals surface area contributed by atoms with Crippen molar-refractivity contribution in [3.05, 3.63) is 35.4 Å². The number of rotatable bonds is 1. The van der Waals surface area contributed by atoms with E-state index in [-0.39, 0.29) is 12.0 Å². The van der Waals surface area contributed by atoms with Crippen LogP contribution in [0, 0.1) is 6.92 Å². The Balaban J connectivity index is 2.18. The summed E-state index contributed by atoms with van der Waals surface area (Å²) in [7, 11) is 0. The molecule has 1 fully saturated rings. The fourth-order valence-corrected chi connectivity index (χ4v) is 1.91. The number of carbonyl (C=O) groups excluding carboxylic acids is 1. The lowest BCUT2D eigenvalue weighted by Crippen LogP contribution is -2.30. The first-order chi connectivity index (χ1) is 7.18. The van der Waals surface area contributed by atoms with Crippen LogP contribution in [0.5, 0.6) is 0 Å². The minimum Gasteiger partial charge on any atom is -0.391 e. The molecule has 1 aromatic carbocycles. The molecule has 1 aliphatic heterocycles. The molecular formula is C12H15NO2. The van der Waals surface area contributed by atoms with E-state index < -0.39 is 0 Å². The molecule has 0 aliphatic carbocycles. The minimum absolute atomic E-state index is 0.0321. The summed E-state index contributed by atoms with van der Waals surface area (Å²) in [6.07, 6.45) is 0.343.